The molecule has 2 unspecified atom stereocenters. The van der Waals surface area contributed by atoms with E-state index in [4.69, 9.17) is 5.84 Å². The van der Waals surface area contributed by atoms with E-state index in [1.807, 2.05) is 0 Å². The normalized spacial score (nSPS) is 32.4. The molecule has 1 aromatic rings. The van der Waals surface area contributed by atoms with E-state index < -0.39 is 0 Å². The third kappa shape index (κ3) is 2.17. The van der Waals surface area contributed by atoms with Crippen LogP contribution in [0.1, 0.15) is 17.2 Å². The van der Waals surface area contributed by atoms with Gasteiger partial charge in [0.15, 0.2) is 0 Å². The molecule has 4 heteroatoms. The second-order valence-electron chi connectivity index (χ2n) is 5.46. The molecule has 3 saturated heterocycles. The van der Waals surface area contributed by atoms with E-state index in [0.717, 1.165) is 6.54 Å². The molecule has 0 amide bonds. The number of nitrogens with two attached hydrogens (primary N) is 1. The van der Waals surface area contributed by atoms with Crippen LogP contribution < -0.4 is 11.3 Å². The highest BCUT2D eigenvalue weighted by molar-refractivity contribution is 5.26. The van der Waals surface area contributed by atoms with Crippen molar-refractivity contribution in [3.05, 3.63) is 35.4 Å². The van der Waals surface area contributed by atoms with E-state index in [-0.39, 0.29) is 6.04 Å². The maximum absolute atomic E-state index is 5.82. The first-order chi connectivity index (χ1) is 8.78. The summed E-state index contributed by atoms with van der Waals surface area (Å²) in [7, 11) is 0. The van der Waals surface area contributed by atoms with E-state index in [1.165, 1.54) is 37.3 Å². The highest BCUT2D eigenvalue weighted by Gasteiger charge is 2.36. The molecule has 4 nitrogen and oxygen atoms in total. The van der Waals surface area contributed by atoms with Gasteiger partial charge < -0.3 is 0 Å². The molecule has 0 saturated carbocycles. The van der Waals surface area contributed by atoms with Crippen LogP contribution in [0.4, 0.5) is 0 Å². The number of nitrogens with zero attached hydrogens (tertiary/aromatic N) is 2. The molecule has 0 aromatic heterocycles. The smallest absolute Gasteiger partial charge is 0.0627 e. The average Bonchev–Trinajstić information content (AvgIpc) is 2.41. The van der Waals surface area contributed by atoms with Crippen molar-refractivity contribution in [1.29, 1.82) is 0 Å². The molecular formula is C14H22N4. The Kier molecular flexibility index (Phi) is 3.35. The number of fused-ring (bicyclic) bond motifs is 3. The Morgan fingerprint density at radius 3 is 2.61 bits per heavy atom. The molecule has 0 aliphatic carbocycles. The van der Waals surface area contributed by atoms with Crippen molar-refractivity contribution in [3.8, 4) is 0 Å². The summed E-state index contributed by atoms with van der Waals surface area (Å²) in [5.41, 5.74) is 5.63. The lowest BCUT2D eigenvalue weighted by atomic mass is 9.93. The van der Waals surface area contributed by atoms with Crippen molar-refractivity contribution in [2.75, 3.05) is 32.7 Å². The summed E-state index contributed by atoms with van der Waals surface area (Å²) in [5.74, 6) is 5.82. The Bertz CT molecular complexity index is 412. The largest absolute Gasteiger partial charge is 0.299 e. The zero-order valence-electron chi connectivity index (χ0n) is 11.0. The van der Waals surface area contributed by atoms with Crippen molar-refractivity contribution in [3.63, 3.8) is 0 Å². The van der Waals surface area contributed by atoms with E-state index in [1.54, 1.807) is 0 Å². The Morgan fingerprint density at radius 1 is 1.28 bits per heavy atom. The SMILES string of the molecule is Cc1cccc(C(NN)C2CN3CCN2CC3)c1. The number of hydrogen-bond acceptors (Lipinski definition) is 4. The molecule has 3 heterocycles. The van der Waals surface area contributed by atoms with Gasteiger partial charge in [-0.2, -0.15) is 0 Å². The van der Waals surface area contributed by atoms with Crippen molar-refractivity contribution in [2.24, 2.45) is 5.84 Å². The third-order valence-corrected chi connectivity index (χ3v) is 4.29. The summed E-state index contributed by atoms with van der Waals surface area (Å²) < 4.78 is 0. The van der Waals surface area contributed by atoms with Crippen LogP contribution in [-0.4, -0.2) is 48.6 Å². The first-order valence-electron chi connectivity index (χ1n) is 6.77. The minimum atomic E-state index is 0.230. The van der Waals surface area contributed by atoms with Gasteiger partial charge in [-0.3, -0.25) is 21.1 Å². The summed E-state index contributed by atoms with van der Waals surface area (Å²) in [6.45, 7) is 8.03. The summed E-state index contributed by atoms with van der Waals surface area (Å²) in [6, 6.07) is 9.39. The van der Waals surface area contributed by atoms with Crippen LogP contribution in [0.15, 0.2) is 24.3 Å². The number of rotatable bonds is 3. The predicted molar refractivity (Wildman–Crippen MR) is 73.0 cm³/mol. The lowest BCUT2D eigenvalue weighted by molar-refractivity contribution is -0.00370. The summed E-state index contributed by atoms with van der Waals surface area (Å²) in [5, 5.41) is 0. The van der Waals surface area contributed by atoms with Crippen LogP contribution in [0.5, 0.6) is 0 Å². The Balaban J connectivity index is 1.84. The van der Waals surface area contributed by atoms with Gasteiger partial charge in [0, 0.05) is 38.8 Å². The maximum Gasteiger partial charge on any atom is 0.0627 e. The highest BCUT2D eigenvalue weighted by atomic mass is 15.4. The first-order valence-corrected chi connectivity index (χ1v) is 6.77. The second-order valence-corrected chi connectivity index (χ2v) is 5.46. The van der Waals surface area contributed by atoms with Gasteiger partial charge in [0.25, 0.3) is 0 Å². The minimum absolute atomic E-state index is 0.230. The van der Waals surface area contributed by atoms with Crippen LogP contribution >= 0.6 is 0 Å². The van der Waals surface area contributed by atoms with Gasteiger partial charge in [0.2, 0.25) is 0 Å². The Hall–Kier alpha value is -0.940. The highest BCUT2D eigenvalue weighted by Crippen LogP contribution is 2.27. The van der Waals surface area contributed by atoms with Gasteiger partial charge in [-0.25, -0.2) is 0 Å². The quantitative estimate of drug-likeness (QED) is 0.602. The van der Waals surface area contributed by atoms with Gasteiger partial charge in [0.05, 0.1) is 6.04 Å². The lowest BCUT2D eigenvalue weighted by Gasteiger charge is -2.50. The topological polar surface area (TPSA) is 44.5 Å². The van der Waals surface area contributed by atoms with Gasteiger partial charge in [0.1, 0.15) is 0 Å². The van der Waals surface area contributed by atoms with Crippen LogP contribution in [0.25, 0.3) is 0 Å². The standard InChI is InChI=1S/C14H22N4/c1-11-3-2-4-12(9-11)14(16-15)13-10-17-5-7-18(13)8-6-17/h2-4,9,13-14,16H,5-8,10,15H2,1H3. The molecule has 98 valence electrons. The molecule has 3 aliphatic rings. The van der Waals surface area contributed by atoms with Gasteiger partial charge >= 0.3 is 0 Å². The average molecular weight is 246 g/mol. The molecule has 0 spiro atoms. The van der Waals surface area contributed by atoms with Gasteiger partial charge in [-0.1, -0.05) is 29.8 Å². The molecule has 3 fully saturated rings. The van der Waals surface area contributed by atoms with Gasteiger partial charge in [-0.15, -0.1) is 0 Å². The summed E-state index contributed by atoms with van der Waals surface area (Å²) in [6.07, 6.45) is 0. The van der Waals surface area contributed by atoms with Crippen LogP contribution in [-0.2, 0) is 0 Å². The maximum atomic E-state index is 5.82. The molecule has 0 radical (unpaired) electrons. The first kappa shape index (κ1) is 12.1. The number of hydrazine groups is 1. The fourth-order valence-electron chi connectivity index (χ4n) is 3.27. The molecule has 3 aliphatic heterocycles. The third-order valence-electron chi connectivity index (χ3n) is 4.29. The van der Waals surface area contributed by atoms with Crippen molar-refractivity contribution in [1.82, 2.24) is 15.2 Å². The minimum Gasteiger partial charge on any atom is -0.299 e. The monoisotopic (exact) mass is 246 g/mol. The molecule has 2 atom stereocenters. The Labute approximate surface area is 109 Å². The van der Waals surface area contributed by atoms with E-state index in [0.29, 0.717) is 6.04 Å². The fraction of sp³-hybridized carbons (Fsp3) is 0.571. The number of benzene rings is 1. The zero-order chi connectivity index (χ0) is 12.5. The molecular weight excluding hydrogens is 224 g/mol. The summed E-state index contributed by atoms with van der Waals surface area (Å²) in [4.78, 5) is 5.12. The van der Waals surface area contributed by atoms with Crippen molar-refractivity contribution < 1.29 is 0 Å². The van der Waals surface area contributed by atoms with Crippen molar-refractivity contribution >= 4 is 0 Å². The van der Waals surface area contributed by atoms with Crippen LogP contribution in [0, 0.1) is 6.92 Å². The fourth-order valence-corrected chi connectivity index (χ4v) is 3.27. The second kappa shape index (κ2) is 4.97. The van der Waals surface area contributed by atoms with E-state index in [9.17, 15) is 0 Å². The van der Waals surface area contributed by atoms with Crippen molar-refractivity contribution in [2.45, 2.75) is 19.0 Å². The number of piperazine rings is 3. The molecule has 3 N–H and O–H groups in total. The van der Waals surface area contributed by atoms with E-state index in [2.05, 4.69) is 46.4 Å². The number of hydrogen-bond donors (Lipinski definition) is 2. The van der Waals surface area contributed by atoms with Gasteiger partial charge in [-0.05, 0) is 12.5 Å². The van der Waals surface area contributed by atoms with E-state index >= 15 is 0 Å². The Morgan fingerprint density at radius 2 is 2.06 bits per heavy atom. The van der Waals surface area contributed by atoms with Crippen LogP contribution in [0.2, 0.25) is 0 Å². The molecule has 18 heavy (non-hydrogen) atoms. The number of aryl methyl sites for hydroxylation is 1. The lowest BCUT2D eigenvalue weighted by Crippen LogP contribution is -2.64. The summed E-state index contributed by atoms with van der Waals surface area (Å²) >= 11 is 0. The molecule has 1 aromatic carbocycles. The molecule has 4 rings (SSSR count). The van der Waals surface area contributed by atoms with Crippen LogP contribution in [0.3, 0.4) is 0 Å². The zero-order valence-corrected chi connectivity index (χ0v) is 11.0. The predicted octanol–water partition coefficient (Wildman–Crippen LogP) is 0.499. The number of nitrogens with one attached hydrogen (secondary N) is 1. The molecule has 2 bridgehead atoms.